The number of hydrogen-bond acceptors (Lipinski definition) is 3. The summed E-state index contributed by atoms with van der Waals surface area (Å²) in [6, 6.07) is 6.79. The number of carboxylic acids is 1. The number of anilines is 1. The van der Waals surface area contributed by atoms with Crippen LogP contribution in [0.15, 0.2) is 36.8 Å². The maximum absolute atomic E-state index is 10.9. The number of imidazole rings is 1. The zero-order valence-electron chi connectivity index (χ0n) is 10.8. The fraction of sp³-hybridized carbons (Fsp3) is 0.286. The number of hydrogen-bond donors (Lipinski definition) is 2. The van der Waals surface area contributed by atoms with Crippen molar-refractivity contribution in [3.63, 3.8) is 0 Å². The van der Waals surface area contributed by atoms with Crippen LogP contribution < -0.4 is 5.32 Å². The van der Waals surface area contributed by atoms with E-state index in [1.807, 2.05) is 18.6 Å². The van der Waals surface area contributed by atoms with E-state index in [0.29, 0.717) is 6.54 Å². The first-order chi connectivity index (χ1) is 9.20. The van der Waals surface area contributed by atoms with E-state index in [-0.39, 0.29) is 5.56 Å². The number of carboxylic acid groups (broad SMARTS) is 1. The Bertz CT molecular complexity index is 563. The minimum absolute atomic E-state index is 0.284. The van der Waals surface area contributed by atoms with Gasteiger partial charge in [-0.05, 0) is 24.6 Å². The van der Waals surface area contributed by atoms with Crippen LogP contribution in [0.3, 0.4) is 0 Å². The molecule has 5 heteroatoms. The maximum atomic E-state index is 10.9. The number of aromatic nitrogens is 2. The third kappa shape index (κ3) is 3.34. The van der Waals surface area contributed by atoms with Crippen molar-refractivity contribution in [2.24, 2.45) is 0 Å². The third-order valence-electron chi connectivity index (χ3n) is 2.85. The molecule has 2 N–H and O–H groups in total. The molecule has 0 aliphatic heterocycles. The van der Waals surface area contributed by atoms with Crippen LogP contribution in [0.25, 0.3) is 0 Å². The van der Waals surface area contributed by atoms with Gasteiger partial charge in [-0.3, -0.25) is 0 Å². The molecule has 0 unspecified atom stereocenters. The van der Waals surface area contributed by atoms with Gasteiger partial charge in [-0.15, -0.1) is 0 Å². The van der Waals surface area contributed by atoms with Crippen LogP contribution in [0.5, 0.6) is 0 Å². The average molecular weight is 259 g/mol. The third-order valence-corrected chi connectivity index (χ3v) is 2.85. The Labute approximate surface area is 111 Å². The highest BCUT2D eigenvalue weighted by molar-refractivity contribution is 5.88. The summed E-state index contributed by atoms with van der Waals surface area (Å²) < 4.78 is 2.09. The quantitative estimate of drug-likeness (QED) is 0.836. The normalized spacial score (nSPS) is 10.4. The Kier molecular flexibility index (Phi) is 4.18. The summed E-state index contributed by atoms with van der Waals surface area (Å²) in [4.78, 5) is 15.0. The molecule has 0 saturated heterocycles. The predicted molar refractivity (Wildman–Crippen MR) is 73.2 cm³/mol. The predicted octanol–water partition coefficient (Wildman–Crippen LogP) is 2.60. The molecule has 2 aromatic rings. The Morgan fingerprint density at radius 2 is 2.32 bits per heavy atom. The van der Waals surface area contributed by atoms with E-state index in [1.54, 1.807) is 18.2 Å². The van der Waals surface area contributed by atoms with Gasteiger partial charge in [0.15, 0.2) is 0 Å². The fourth-order valence-electron chi connectivity index (χ4n) is 1.89. The van der Waals surface area contributed by atoms with Crippen LogP contribution in [0.1, 0.15) is 29.4 Å². The number of rotatable bonds is 6. The van der Waals surface area contributed by atoms with Gasteiger partial charge < -0.3 is 15.0 Å². The van der Waals surface area contributed by atoms with Crippen LogP contribution in [-0.2, 0) is 13.1 Å². The number of benzene rings is 1. The van der Waals surface area contributed by atoms with Crippen molar-refractivity contribution >= 4 is 11.7 Å². The molecule has 0 fully saturated rings. The number of nitrogens with zero attached hydrogens (tertiary/aromatic N) is 2. The lowest BCUT2D eigenvalue weighted by atomic mass is 10.2. The van der Waals surface area contributed by atoms with Crippen molar-refractivity contribution in [1.82, 2.24) is 9.55 Å². The lowest BCUT2D eigenvalue weighted by Gasteiger charge is -2.09. The van der Waals surface area contributed by atoms with Crippen LogP contribution >= 0.6 is 0 Å². The van der Waals surface area contributed by atoms with E-state index in [4.69, 9.17) is 5.11 Å². The van der Waals surface area contributed by atoms with Gasteiger partial charge in [0, 0.05) is 18.4 Å². The van der Waals surface area contributed by atoms with E-state index < -0.39 is 5.97 Å². The number of aryl methyl sites for hydroxylation is 1. The number of aromatic carboxylic acids is 1. The Morgan fingerprint density at radius 1 is 1.47 bits per heavy atom. The maximum Gasteiger partial charge on any atom is 0.335 e. The summed E-state index contributed by atoms with van der Waals surface area (Å²) in [7, 11) is 0. The second kappa shape index (κ2) is 6.04. The van der Waals surface area contributed by atoms with Crippen molar-refractivity contribution in [3.05, 3.63) is 48.0 Å². The van der Waals surface area contributed by atoms with Crippen LogP contribution in [0.4, 0.5) is 5.69 Å². The van der Waals surface area contributed by atoms with Crippen molar-refractivity contribution in [2.45, 2.75) is 26.4 Å². The summed E-state index contributed by atoms with van der Waals surface area (Å²) >= 11 is 0. The molecule has 0 saturated carbocycles. The topological polar surface area (TPSA) is 67.2 Å². The molecule has 100 valence electrons. The molecule has 0 aliphatic carbocycles. The minimum Gasteiger partial charge on any atom is -0.478 e. The first-order valence-corrected chi connectivity index (χ1v) is 6.27. The van der Waals surface area contributed by atoms with E-state index >= 15 is 0 Å². The SMILES string of the molecule is CCCn1cncc1CNc1cccc(C(=O)O)c1. The fourth-order valence-corrected chi connectivity index (χ4v) is 1.89. The number of carbonyl (C=O) groups is 1. The van der Waals surface area contributed by atoms with Gasteiger partial charge in [0.05, 0.1) is 24.1 Å². The average Bonchev–Trinajstić information content (AvgIpc) is 2.85. The first kappa shape index (κ1) is 13.1. The van der Waals surface area contributed by atoms with Crippen LogP contribution in [-0.4, -0.2) is 20.6 Å². The molecule has 1 aromatic heterocycles. The van der Waals surface area contributed by atoms with E-state index in [1.165, 1.54) is 0 Å². The van der Waals surface area contributed by atoms with Crippen molar-refractivity contribution < 1.29 is 9.90 Å². The molecule has 2 rings (SSSR count). The van der Waals surface area contributed by atoms with Gasteiger partial charge in [-0.1, -0.05) is 13.0 Å². The Morgan fingerprint density at radius 3 is 3.05 bits per heavy atom. The first-order valence-electron chi connectivity index (χ1n) is 6.27. The lowest BCUT2D eigenvalue weighted by molar-refractivity contribution is 0.0697. The molecule has 0 spiro atoms. The monoisotopic (exact) mass is 259 g/mol. The molecule has 5 nitrogen and oxygen atoms in total. The molecular formula is C14H17N3O2. The van der Waals surface area contributed by atoms with Crippen LogP contribution in [0, 0.1) is 0 Å². The second-order valence-electron chi connectivity index (χ2n) is 4.32. The van der Waals surface area contributed by atoms with Gasteiger partial charge in [0.2, 0.25) is 0 Å². The summed E-state index contributed by atoms with van der Waals surface area (Å²) in [5.74, 6) is -0.917. The highest BCUT2D eigenvalue weighted by Crippen LogP contribution is 2.12. The van der Waals surface area contributed by atoms with Gasteiger partial charge in [0.25, 0.3) is 0 Å². The minimum atomic E-state index is -0.917. The molecule has 0 amide bonds. The Hall–Kier alpha value is -2.30. The molecule has 0 bridgehead atoms. The van der Waals surface area contributed by atoms with Crippen molar-refractivity contribution in [3.8, 4) is 0 Å². The molecule has 0 radical (unpaired) electrons. The smallest absolute Gasteiger partial charge is 0.335 e. The molecule has 0 aliphatic rings. The van der Waals surface area contributed by atoms with Gasteiger partial charge in [-0.25, -0.2) is 9.78 Å². The van der Waals surface area contributed by atoms with Crippen molar-refractivity contribution in [2.75, 3.05) is 5.32 Å². The summed E-state index contributed by atoms with van der Waals surface area (Å²) in [6.45, 7) is 3.68. The zero-order valence-corrected chi connectivity index (χ0v) is 10.8. The molecule has 19 heavy (non-hydrogen) atoms. The Balaban J connectivity index is 2.04. The molecular weight excluding hydrogens is 242 g/mol. The second-order valence-corrected chi connectivity index (χ2v) is 4.32. The highest BCUT2D eigenvalue weighted by Gasteiger charge is 2.04. The van der Waals surface area contributed by atoms with Crippen LogP contribution in [0.2, 0.25) is 0 Å². The molecule has 0 atom stereocenters. The standard InChI is InChI=1S/C14H17N3O2/c1-2-6-17-10-15-8-13(17)9-16-12-5-3-4-11(7-12)14(18)19/h3-5,7-8,10,16H,2,6,9H2,1H3,(H,18,19). The zero-order chi connectivity index (χ0) is 13.7. The summed E-state index contributed by atoms with van der Waals surface area (Å²) in [5, 5.41) is 12.2. The van der Waals surface area contributed by atoms with E-state index in [0.717, 1.165) is 24.3 Å². The lowest BCUT2D eigenvalue weighted by Crippen LogP contribution is -2.07. The van der Waals surface area contributed by atoms with Gasteiger partial charge in [-0.2, -0.15) is 0 Å². The van der Waals surface area contributed by atoms with E-state index in [9.17, 15) is 4.79 Å². The molecule has 1 heterocycles. The summed E-state index contributed by atoms with van der Waals surface area (Å²) in [6.07, 6.45) is 4.69. The largest absolute Gasteiger partial charge is 0.478 e. The number of nitrogens with one attached hydrogen (secondary N) is 1. The summed E-state index contributed by atoms with van der Waals surface area (Å²) in [5.41, 5.74) is 2.17. The molecule has 1 aromatic carbocycles. The highest BCUT2D eigenvalue weighted by atomic mass is 16.4. The van der Waals surface area contributed by atoms with Gasteiger partial charge in [0.1, 0.15) is 0 Å². The van der Waals surface area contributed by atoms with Crippen molar-refractivity contribution in [1.29, 1.82) is 0 Å². The van der Waals surface area contributed by atoms with E-state index in [2.05, 4.69) is 21.8 Å². The van der Waals surface area contributed by atoms with Gasteiger partial charge >= 0.3 is 5.97 Å².